The second-order valence-electron chi connectivity index (χ2n) is 7.53. The van der Waals surface area contributed by atoms with Crippen molar-refractivity contribution >= 4 is 28.8 Å². The number of nitrogens with zero attached hydrogens (tertiary/aromatic N) is 3. The highest BCUT2D eigenvalue weighted by Gasteiger charge is 2.28. The van der Waals surface area contributed by atoms with Crippen LogP contribution in [-0.4, -0.2) is 47.1 Å². The molecule has 2 heterocycles. The van der Waals surface area contributed by atoms with Gasteiger partial charge in [0.25, 0.3) is 11.8 Å². The lowest BCUT2D eigenvalue weighted by Crippen LogP contribution is -2.38. The fourth-order valence-electron chi connectivity index (χ4n) is 3.63. The number of nitrogens with one attached hydrogen (secondary N) is 1. The molecular formula is C23H24N4O3S. The Morgan fingerprint density at radius 3 is 2.48 bits per heavy atom. The van der Waals surface area contributed by atoms with Crippen molar-refractivity contribution in [3.05, 3.63) is 69.7 Å². The molecule has 1 saturated heterocycles. The minimum Gasteiger partial charge on any atom is -0.496 e. The van der Waals surface area contributed by atoms with Crippen molar-refractivity contribution in [3.63, 3.8) is 0 Å². The van der Waals surface area contributed by atoms with Crippen LogP contribution in [0.1, 0.15) is 49.5 Å². The monoisotopic (exact) mass is 436 g/mol. The Morgan fingerprint density at radius 2 is 1.77 bits per heavy atom. The van der Waals surface area contributed by atoms with Gasteiger partial charge in [0.05, 0.1) is 12.7 Å². The van der Waals surface area contributed by atoms with Gasteiger partial charge in [-0.2, -0.15) is 0 Å². The van der Waals surface area contributed by atoms with Crippen LogP contribution in [0.25, 0.3) is 0 Å². The largest absolute Gasteiger partial charge is 0.496 e. The maximum atomic E-state index is 12.9. The lowest BCUT2D eigenvalue weighted by molar-refractivity contribution is 0.0709. The van der Waals surface area contributed by atoms with Crippen molar-refractivity contribution in [2.24, 2.45) is 0 Å². The molecule has 3 aromatic rings. The van der Waals surface area contributed by atoms with E-state index in [1.54, 1.807) is 19.2 Å². The number of hydrogen-bond acceptors (Lipinski definition) is 6. The SMILES string of the molecule is COc1ccccc1C(=O)N1CCC(c2nnc(C(=O)Nc3ccc(C)cc3)s2)CC1. The van der Waals surface area contributed by atoms with E-state index in [-0.39, 0.29) is 17.7 Å². The first kappa shape index (κ1) is 21.0. The van der Waals surface area contributed by atoms with E-state index in [0.29, 0.717) is 29.4 Å². The first-order valence-electron chi connectivity index (χ1n) is 10.2. The van der Waals surface area contributed by atoms with E-state index in [2.05, 4.69) is 15.5 Å². The van der Waals surface area contributed by atoms with Crippen LogP contribution in [0.3, 0.4) is 0 Å². The minimum absolute atomic E-state index is 0.0219. The molecule has 1 fully saturated rings. The molecule has 8 heteroatoms. The van der Waals surface area contributed by atoms with Gasteiger partial charge in [-0.05, 0) is 44.0 Å². The molecule has 1 aliphatic rings. The van der Waals surface area contributed by atoms with Crippen molar-refractivity contribution in [1.82, 2.24) is 15.1 Å². The molecule has 4 rings (SSSR count). The van der Waals surface area contributed by atoms with Crippen LogP contribution in [-0.2, 0) is 0 Å². The van der Waals surface area contributed by atoms with Gasteiger partial charge in [-0.15, -0.1) is 10.2 Å². The van der Waals surface area contributed by atoms with Gasteiger partial charge in [-0.1, -0.05) is 41.2 Å². The molecule has 1 aromatic heterocycles. The average molecular weight is 437 g/mol. The Balaban J connectivity index is 1.36. The van der Waals surface area contributed by atoms with Crippen molar-refractivity contribution in [2.75, 3.05) is 25.5 Å². The van der Waals surface area contributed by atoms with Crippen LogP contribution >= 0.6 is 11.3 Å². The number of rotatable bonds is 5. The number of hydrogen-bond donors (Lipinski definition) is 1. The fourth-order valence-corrected chi connectivity index (χ4v) is 4.54. The van der Waals surface area contributed by atoms with E-state index in [4.69, 9.17) is 4.74 Å². The van der Waals surface area contributed by atoms with E-state index in [0.717, 1.165) is 29.1 Å². The molecule has 31 heavy (non-hydrogen) atoms. The van der Waals surface area contributed by atoms with Crippen LogP contribution in [0.4, 0.5) is 5.69 Å². The Labute approximate surface area is 185 Å². The summed E-state index contributed by atoms with van der Waals surface area (Å²) in [6.45, 7) is 3.26. The minimum atomic E-state index is -0.253. The van der Waals surface area contributed by atoms with E-state index < -0.39 is 0 Å². The summed E-state index contributed by atoms with van der Waals surface area (Å²) in [5.41, 5.74) is 2.44. The van der Waals surface area contributed by atoms with Gasteiger partial charge in [-0.3, -0.25) is 9.59 Å². The van der Waals surface area contributed by atoms with E-state index in [1.807, 2.05) is 48.2 Å². The zero-order valence-electron chi connectivity index (χ0n) is 17.5. The zero-order valence-corrected chi connectivity index (χ0v) is 18.3. The number of likely N-dealkylation sites (tertiary alicyclic amines) is 1. The van der Waals surface area contributed by atoms with Crippen LogP contribution in [0, 0.1) is 6.92 Å². The standard InChI is InChI=1S/C23H24N4O3S/c1-15-7-9-17(10-8-15)24-20(28)22-26-25-21(31-22)16-11-13-27(14-12-16)23(29)18-5-3-4-6-19(18)30-2/h3-10,16H,11-14H2,1-2H3,(H,24,28). The van der Waals surface area contributed by atoms with E-state index in [1.165, 1.54) is 11.3 Å². The molecule has 2 amide bonds. The van der Waals surface area contributed by atoms with Gasteiger partial charge in [0.15, 0.2) is 0 Å². The molecule has 0 spiro atoms. The summed E-state index contributed by atoms with van der Waals surface area (Å²) in [4.78, 5) is 27.2. The van der Waals surface area contributed by atoms with Gasteiger partial charge >= 0.3 is 0 Å². The number of benzene rings is 2. The molecule has 160 valence electrons. The van der Waals surface area contributed by atoms with Crippen LogP contribution in [0.2, 0.25) is 0 Å². The molecule has 7 nitrogen and oxygen atoms in total. The summed E-state index contributed by atoms with van der Waals surface area (Å²) in [5, 5.41) is 12.4. The first-order chi connectivity index (χ1) is 15.0. The number of aryl methyl sites for hydroxylation is 1. The second-order valence-corrected chi connectivity index (χ2v) is 8.54. The normalized spacial score (nSPS) is 14.3. The Bertz CT molecular complexity index is 1070. The molecule has 0 unspecified atom stereocenters. The number of methoxy groups -OCH3 is 1. The predicted octanol–water partition coefficient (Wildman–Crippen LogP) is 4.13. The lowest BCUT2D eigenvalue weighted by Gasteiger charge is -2.31. The Kier molecular flexibility index (Phi) is 6.27. The Hall–Kier alpha value is -3.26. The summed E-state index contributed by atoms with van der Waals surface area (Å²) < 4.78 is 5.32. The summed E-state index contributed by atoms with van der Waals surface area (Å²) >= 11 is 1.32. The zero-order chi connectivity index (χ0) is 21.8. The number of carbonyl (C=O) groups excluding carboxylic acids is 2. The van der Waals surface area contributed by atoms with Crippen molar-refractivity contribution < 1.29 is 14.3 Å². The number of amides is 2. The number of ether oxygens (including phenoxy) is 1. The Morgan fingerprint density at radius 1 is 1.06 bits per heavy atom. The molecular weight excluding hydrogens is 412 g/mol. The highest BCUT2D eigenvalue weighted by Crippen LogP contribution is 2.31. The molecule has 1 aliphatic heterocycles. The third-order valence-electron chi connectivity index (χ3n) is 5.41. The highest BCUT2D eigenvalue weighted by atomic mass is 32.1. The number of aromatic nitrogens is 2. The van der Waals surface area contributed by atoms with Gasteiger partial charge in [0, 0.05) is 24.7 Å². The van der Waals surface area contributed by atoms with Gasteiger partial charge in [-0.25, -0.2) is 0 Å². The van der Waals surface area contributed by atoms with Gasteiger partial charge in [0.1, 0.15) is 10.8 Å². The molecule has 2 aromatic carbocycles. The maximum absolute atomic E-state index is 12.9. The molecule has 0 radical (unpaired) electrons. The van der Waals surface area contributed by atoms with E-state index in [9.17, 15) is 9.59 Å². The highest BCUT2D eigenvalue weighted by molar-refractivity contribution is 7.13. The number of para-hydroxylation sites is 1. The van der Waals surface area contributed by atoms with Crippen molar-refractivity contribution in [2.45, 2.75) is 25.7 Å². The van der Waals surface area contributed by atoms with E-state index >= 15 is 0 Å². The molecule has 0 aliphatic carbocycles. The number of anilines is 1. The summed E-state index contributed by atoms with van der Waals surface area (Å²) in [6, 6.07) is 14.9. The van der Waals surface area contributed by atoms with Gasteiger partial charge in [0.2, 0.25) is 5.01 Å². The molecule has 0 atom stereocenters. The van der Waals surface area contributed by atoms with Crippen LogP contribution < -0.4 is 10.1 Å². The molecule has 1 N–H and O–H groups in total. The van der Waals surface area contributed by atoms with Crippen LogP contribution in [0.5, 0.6) is 5.75 Å². The van der Waals surface area contributed by atoms with Gasteiger partial charge < -0.3 is 15.0 Å². The summed E-state index contributed by atoms with van der Waals surface area (Å²) in [7, 11) is 1.57. The topological polar surface area (TPSA) is 84.4 Å². The third kappa shape index (κ3) is 4.74. The quantitative estimate of drug-likeness (QED) is 0.650. The van der Waals surface area contributed by atoms with Crippen molar-refractivity contribution in [3.8, 4) is 5.75 Å². The van der Waals surface area contributed by atoms with Crippen LogP contribution in [0.15, 0.2) is 48.5 Å². The summed E-state index contributed by atoms with van der Waals surface area (Å²) in [5.74, 6) is 0.505. The third-order valence-corrected chi connectivity index (χ3v) is 6.50. The second kappa shape index (κ2) is 9.26. The number of carbonyl (C=O) groups is 2. The summed E-state index contributed by atoms with van der Waals surface area (Å²) in [6.07, 6.45) is 1.57. The molecule has 0 bridgehead atoms. The smallest absolute Gasteiger partial charge is 0.286 e. The van der Waals surface area contributed by atoms with Crippen molar-refractivity contribution in [1.29, 1.82) is 0 Å². The fraction of sp³-hybridized carbons (Fsp3) is 0.304. The average Bonchev–Trinajstić information content (AvgIpc) is 3.31. The number of piperidine rings is 1. The maximum Gasteiger partial charge on any atom is 0.286 e. The predicted molar refractivity (Wildman–Crippen MR) is 120 cm³/mol. The molecule has 0 saturated carbocycles. The first-order valence-corrected chi connectivity index (χ1v) is 11.0. The lowest BCUT2D eigenvalue weighted by atomic mass is 9.97.